The highest BCUT2D eigenvalue weighted by molar-refractivity contribution is 5.37. The van der Waals surface area contributed by atoms with Gasteiger partial charge in [0.2, 0.25) is 0 Å². The minimum absolute atomic E-state index is 0.442. The fourth-order valence-corrected chi connectivity index (χ4v) is 1.62. The first-order valence-corrected chi connectivity index (χ1v) is 4.80. The van der Waals surface area contributed by atoms with Crippen molar-refractivity contribution in [3.8, 4) is 0 Å². The predicted molar refractivity (Wildman–Crippen MR) is 55.1 cm³/mol. The molecule has 0 spiro atoms. The van der Waals surface area contributed by atoms with Crippen molar-refractivity contribution in [1.29, 1.82) is 0 Å². The highest BCUT2D eigenvalue weighted by Crippen LogP contribution is 2.18. The van der Waals surface area contributed by atoms with E-state index in [9.17, 15) is 0 Å². The van der Waals surface area contributed by atoms with Crippen molar-refractivity contribution in [3.05, 3.63) is 30.5 Å². The molecule has 2 heterocycles. The number of fused-ring (bicyclic) bond motifs is 1. The van der Waals surface area contributed by atoms with Gasteiger partial charge in [-0.25, -0.2) is 4.98 Å². The topological polar surface area (TPSA) is 56.2 Å². The van der Waals surface area contributed by atoms with E-state index in [1.54, 1.807) is 12.4 Å². The molecule has 4 nitrogen and oxygen atoms in total. The van der Waals surface area contributed by atoms with Crippen LogP contribution in [0.4, 0.5) is 0 Å². The normalized spacial score (nSPS) is 13.3. The summed E-state index contributed by atoms with van der Waals surface area (Å²) in [5.41, 5.74) is 7.63. The summed E-state index contributed by atoms with van der Waals surface area (Å²) >= 11 is 0. The van der Waals surface area contributed by atoms with Gasteiger partial charge in [0.25, 0.3) is 0 Å². The molecule has 0 aromatic carbocycles. The molecule has 0 bridgehead atoms. The van der Waals surface area contributed by atoms with Crippen LogP contribution < -0.4 is 5.73 Å². The van der Waals surface area contributed by atoms with E-state index in [4.69, 9.17) is 5.73 Å². The van der Waals surface area contributed by atoms with Crippen molar-refractivity contribution in [2.24, 2.45) is 5.73 Å². The third-order valence-corrected chi connectivity index (χ3v) is 2.45. The third-order valence-electron chi connectivity index (χ3n) is 2.45. The van der Waals surface area contributed by atoms with Gasteiger partial charge in [-0.2, -0.15) is 0 Å². The van der Waals surface area contributed by atoms with Crippen molar-refractivity contribution in [2.75, 3.05) is 6.54 Å². The van der Waals surface area contributed by atoms with Gasteiger partial charge in [-0.1, -0.05) is 6.92 Å². The van der Waals surface area contributed by atoms with E-state index in [0.29, 0.717) is 12.5 Å². The summed E-state index contributed by atoms with van der Waals surface area (Å²) in [4.78, 5) is 8.31. The van der Waals surface area contributed by atoms with Crippen LogP contribution in [0, 0.1) is 0 Å². The third kappa shape index (κ3) is 1.48. The van der Waals surface area contributed by atoms with Crippen LogP contribution in [0.1, 0.15) is 25.0 Å². The summed E-state index contributed by atoms with van der Waals surface area (Å²) in [5.74, 6) is 0.442. The number of rotatable bonds is 3. The summed E-state index contributed by atoms with van der Waals surface area (Å²) in [5, 5.41) is 0. The molecule has 0 amide bonds. The minimum atomic E-state index is 0.442. The average Bonchev–Trinajstić information content (AvgIpc) is 2.61. The molecule has 2 N–H and O–H groups in total. The molecule has 1 unspecified atom stereocenters. The molecule has 0 aliphatic rings. The van der Waals surface area contributed by atoms with Crippen molar-refractivity contribution >= 4 is 5.65 Å². The summed E-state index contributed by atoms with van der Waals surface area (Å²) in [7, 11) is 0. The summed E-state index contributed by atoms with van der Waals surface area (Å²) in [6.07, 6.45) is 8.35. The quantitative estimate of drug-likeness (QED) is 0.790. The van der Waals surface area contributed by atoms with Crippen LogP contribution in [-0.2, 0) is 0 Å². The van der Waals surface area contributed by atoms with E-state index in [-0.39, 0.29) is 0 Å². The zero-order valence-corrected chi connectivity index (χ0v) is 8.22. The lowest BCUT2D eigenvalue weighted by Gasteiger charge is -2.08. The first kappa shape index (κ1) is 9.15. The second kappa shape index (κ2) is 3.75. The Morgan fingerprint density at radius 2 is 2.36 bits per heavy atom. The molecule has 2 aromatic rings. The molecule has 0 radical (unpaired) electrons. The van der Waals surface area contributed by atoms with Gasteiger partial charge in [-0.05, 0) is 18.9 Å². The fourth-order valence-electron chi connectivity index (χ4n) is 1.62. The second-order valence-corrected chi connectivity index (χ2v) is 3.47. The monoisotopic (exact) mass is 190 g/mol. The van der Waals surface area contributed by atoms with Crippen molar-refractivity contribution in [2.45, 2.75) is 19.3 Å². The van der Waals surface area contributed by atoms with Gasteiger partial charge in [0.1, 0.15) is 0 Å². The maximum atomic E-state index is 5.54. The van der Waals surface area contributed by atoms with Crippen LogP contribution in [-0.4, -0.2) is 20.9 Å². The highest BCUT2D eigenvalue weighted by atomic mass is 15.0. The Morgan fingerprint density at radius 1 is 1.50 bits per heavy atom. The van der Waals surface area contributed by atoms with Crippen molar-refractivity contribution in [3.63, 3.8) is 0 Å². The molecule has 14 heavy (non-hydrogen) atoms. The molecule has 0 aliphatic heterocycles. The van der Waals surface area contributed by atoms with Gasteiger partial charge in [0, 0.05) is 24.3 Å². The largest absolute Gasteiger partial charge is 0.330 e. The predicted octanol–water partition coefficient (Wildman–Crippen LogP) is 1.18. The van der Waals surface area contributed by atoms with Gasteiger partial charge in [0.15, 0.2) is 5.65 Å². The zero-order chi connectivity index (χ0) is 9.97. The van der Waals surface area contributed by atoms with E-state index >= 15 is 0 Å². The van der Waals surface area contributed by atoms with Crippen LogP contribution >= 0.6 is 0 Å². The number of nitrogens with zero attached hydrogens (tertiary/aromatic N) is 3. The molecule has 4 heteroatoms. The Bertz CT molecular complexity index is 421. The number of nitrogens with two attached hydrogens (primary N) is 1. The van der Waals surface area contributed by atoms with Crippen LogP contribution in [0.3, 0.4) is 0 Å². The first-order valence-electron chi connectivity index (χ1n) is 4.80. The zero-order valence-electron chi connectivity index (χ0n) is 8.22. The van der Waals surface area contributed by atoms with Crippen LogP contribution in [0.5, 0.6) is 0 Å². The van der Waals surface area contributed by atoms with Crippen molar-refractivity contribution < 1.29 is 0 Å². The molecule has 2 aromatic heterocycles. The summed E-state index contributed by atoms with van der Waals surface area (Å²) in [6.45, 7) is 2.87. The van der Waals surface area contributed by atoms with Gasteiger partial charge < -0.3 is 10.1 Å². The summed E-state index contributed by atoms with van der Waals surface area (Å²) in [6, 6.07) is 0. The van der Waals surface area contributed by atoms with E-state index in [0.717, 1.165) is 12.1 Å². The van der Waals surface area contributed by atoms with E-state index in [1.165, 1.54) is 5.69 Å². The molecule has 0 saturated carbocycles. The molecular weight excluding hydrogens is 176 g/mol. The summed E-state index contributed by atoms with van der Waals surface area (Å²) < 4.78 is 2.06. The van der Waals surface area contributed by atoms with Crippen LogP contribution in [0.15, 0.2) is 24.8 Å². The van der Waals surface area contributed by atoms with Gasteiger partial charge >= 0.3 is 0 Å². The molecular formula is C10H14N4. The SMILES string of the molecule is CC(CCN)c1cnc2cnccn12. The number of imidazole rings is 1. The number of hydrogen-bond donors (Lipinski definition) is 1. The van der Waals surface area contributed by atoms with Gasteiger partial charge in [0.05, 0.1) is 6.20 Å². The second-order valence-electron chi connectivity index (χ2n) is 3.47. The smallest absolute Gasteiger partial charge is 0.155 e. The van der Waals surface area contributed by atoms with Gasteiger partial charge in [-0.15, -0.1) is 0 Å². The Kier molecular flexibility index (Phi) is 2.45. The van der Waals surface area contributed by atoms with Crippen LogP contribution in [0.25, 0.3) is 5.65 Å². The van der Waals surface area contributed by atoms with E-state index < -0.39 is 0 Å². The Balaban J connectivity index is 2.42. The lowest BCUT2D eigenvalue weighted by atomic mass is 10.1. The minimum Gasteiger partial charge on any atom is -0.330 e. The average molecular weight is 190 g/mol. The molecule has 0 saturated heterocycles. The maximum absolute atomic E-state index is 5.54. The Labute approximate surface area is 82.8 Å². The van der Waals surface area contributed by atoms with Gasteiger partial charge in [-0.3, -0.25) is 4.98 Å². The fraction of sp³-hybridized carbons (Fsp3) is 0.400. The van der Waals surface area contributed by atoms with Crippen molar-refractivity contribution in [1.82, 2.24) is 14.4 Å². The van der Waals surface area contributed by atoms with E-state index in [2.05, 4.69) is 21.3 Å². The number of aromatic nitrogens is 3. The molecule has 0 aliphatic carbocycles. The molecule has 0 fully saturated rings. The standard InChI is InChI=1S/C10H14N4/c1-8(2-3-11)9-6-13-10-7-12-4-5-14(9)10/h4-8H,2-3,11H2,1H3. The Morgan fingerprint density at radius 3 is 3.14 bits per heavy atom. The van der Waals surface area contributed by atoms with Crippen LogP contribution in [0.2, 0.25) is 0 Å². The maximum Gasteiger partial charge on any atom is 0.155 e. The first-order chi connectivity index (χ1) is 6.83. The molecule has 1 atom stereocenters. The lowest BCUT2D eigenvalue weighted by Crippen LogP contribution is -2.06. The van der Waals surface area contributed by atoms with E-state index in [1.807, 2.05) is 12.4 Å². The number of hydrogen-bond acceptors (Lipinski definition) is 3. The Hall–Kier alpha value is -1.42. The highest BCUT2D eigenvalue weighted by Gasteiger charge is 2.09. The lowest BCUT2D eigenvalue weighted by molar-refractivity contribution is 0.664. The molecule has 74 valence electrons. The molecule has 2 rings (SSSR count).